The predicted molar refractivity (Wildman–Crippen MR) is 85.8 cm³/mol. The Bertz CT molecular complexity index is 872. The number of hydrogen-bond donors (Lipinski definition) is 0. The molecule has 0 fully saturated rings. The van der Waals surface area contributed by atoms with Gasteiger partial charge in [0.1, 0.15) is 5.69 Å². The monoisotopic (exact) mass is 380 g/mol. The van der Waals surface area contributed by atoms with Gasteiger partial charge in [0, 0.05) is 12.6 Å². The third kappa shape index (κ3) is 3.84. The van der Waals surface area contributed by atoms with Crippen molar-refractivity contribution in [2.45, 2.75) is 32.6 Å². The van der Waals surface area contributed by atoms with Crippen LogP contribution in [0.15, 0.2) is 33.9 Å². The van der Waals surface area contributed by atoms with Crippen molar-refractivity contribution in [1.29, 1.82) is 0 Å². The molecule has 0 bridgehead atoms. The molecule has 0 atom stereocenters. The Labute approximate surface area is 145 Å². The first-order valence-corrected chi connectivity index (χ1v) is 7.76. The summed E-state index contributed by atoms with van der Waals surface area (Å²) < 4.78 is 40.5. The number of rotatable bonds is 4. The minimum Gasteiger partial charge on any atom is -0.289 e. The highest BCUT2D eigenvalue weighted by Crippen LogP contribution is 2.27. The summed E-state index contributed by atoms with van der Waals surface area (Å²) in [5, 5.41) is 0.520. The Morgan fingerprint density at radius 2 is 1.71 bits per heavy atom. The second-order valence-corrected chi connectivity index (χ2v) is 5.95. The van der Waals surface area contributed by atoms with Crippen LogP contribution >= 0.6 is 23.2 Å². The summed E-state index contributed by atoms with van der Waals surface area (Å²) in [5.41, 5.74) is -2.80. The molecule has 2 aromatic rings. The molecule has 24 heavy (non-hydrogen) atoms. The third-order valence-electron chi connectivity index (χ3n) is 3.34. The van der Waals surface area contributed by atoms with Crippen LogP contribution < -0.4 is 11.2 Å². The largest absolute Gasteiger partial charge is 0.431 e. The summed E-state index contributed by atoms with van der Waals surface area (Å²) in [6, 6.07) is 4.92. The Hall–Kier alpha value is -1.73. The van der Waals surface area contributed by atoms with E-state index in [1.165, 1.54) is 12.1 Å². The van der Waals surface area contributed by atoms with Gasteiger partial charge in [-0.05, 0) is 24.1 Å². The zero-order valence-electron chi connectivity index (χ0n) is 12.5. The topological polar surface area (TPSA) is 44.0 Å². The molecule has 0 spiro atoms. The van der Waals surface area contributed by atoms with Gasteiger partial charge in [-0.3, -0.25) is 13.9 Å². The SMILES string of the molecule is CCCn1c(C(F)(F)F)cc(=O)n(Cc2ccc(Cl)c(Cl)c2)c1=O. The molecular weight excluding hydrogens is 368 g/mol. The molecule has 9 heteroatoms. The molecule has 1 heterocycles. The molecule has 0 N–H and O–H groups in total. The summed E-state index contributed by atoms with van der Waals surface area (Å²) in [5.74, 6) is 0. The van der Waals surface area contributed by atoms with E-state index in [9.17, 15) is 22.8 Å². The van der Waals surface area contributed by atoms with Crippen molar-refractivity contribution in [2.24, 2.45) is 0 Å². The second kappa shape index (κ2) is 7.03. The Morgan fingerprint density at radius 1 is 1.04 bits per heavy atom. The molecule has 0 aliphatic rings. The number of nitrogens with zero attached hydrogens (tertiary/aromatic N) is 2. The summed E-state index contributed by atoms with van der Waals surface area (Å²) >= 11 is 11.7. The summed E-state index contributed by atoms with van der Waals surface area (Å²) in [7, 11) is 0. The third-order valence-corrected chi connectivity index (χ3v) is 4.08. The Kier molecular flexibility index (Phi) is 5.45. The zero-order chi connectivity index (χ0) is 18.1. The van der Waals surface area contributed by atoms with Gasteiger partial charge in [-0.15, -0.1) is 0 Å². The Balaban J connectivity index is 2.59. The van der Waals surface area contributed by atoms with E-state index in [2.05, 4.69) is 0 Å². The van der Waals surface area contributed by atoms with E-state index in [0.29, 0.717) is 27.6 Å². The molecular formula is C15H13Cl2F3N2O2. The molecule has 0 aliphatic carbocycles. The van der Waals surface area contributed by atoms with E-state index in [1.807, 2.05) is 0 Å². The lowest BCUT2D eigenvalue weighted by atomic mass is 10.2. The minimum absolute atomic E-state index is 0.144. The highest BCUT2D eigenvalue weighted by molar-refractivity contribution is 6.42. The molecule has 0 saturated carbocycles. The fourth-order valence-corrected chi connectivity index (χ4v) is 2.58. The summed E-state index contributed by atoms with van der Waals surface area (Å²) in [4.78, 5) is 24.4. The molecule has 4 nitrogen and oxygen atoms in total. The standard InChI is InChI=1S/C15H13Cl2F3N2O2/c1-2-5-21-12(15(18,19)20)7-13(23)22(14(21)24)8-9-3-4-10(16)11(17)6-9/h3-4,6-7H,2,5,8H2,1H3. The van der Waals surface area contributed by atoms with Crippen LogP contribution in [0.25, 0.3) is 0 Å². The summed E-state index contributed by atoms with van der Waals surface area (Å²) in [6.07, 6.45) is -4.47. The highest BCUT2D eigenvalue weighted by Gasteiger charge is 2.35. The van der Waals surface area contributed by atoms with Gasteiger partial charge in [0.2, 0.25) is 0 Å². The first-order chi connectivity index (χ1) is 11.1. The van der Waals surface area contributed by atoms with Crippen LogP contribution in [0.4, 0.5) is 13.2 Å². The molecule has 0 radical (unpaired) electrons. The average molecular weight is 381 g/mol. The first kappa shape index (κ1) is 18.6. The quantitative estimate of drug-likeness (QED) is 0.809. The lowest BCUT2D eigenvalue weighted by molar-refractivity contribution is -0.144. The van der Waals surface area contributed by atoms with Crippen molar-refractivity contribution < 1.29 is 13.2 Å². The van der Waals surface area contributed by atoms with Crippen LogP contribution in [0.3, 0.4) is 0 Å². The first-order valence-electron chi connectivity index (χ1n) is 7.01. The van der Waals surface area contributed by atoms with Crippen LogP contribution in [0.1, 0.15) is 24.6 Å². The molecule has 2 rings (SSSR count). The van der Waals surface area contributed by atoms with E-state index < -0.39 is 23.1 Å². The van der Waals surface area contributed by atoms with Gasteiger partial charge in [0.05, 0.1) is 16.6 Å². The number of hydrogen-bond acceptors (Lipinski definition) is 2. The number of benzene rings is 1. The van der Waals surface area contributed by atoms with Gasteiger partial charge in [0.15, 0.2) is 0 Å². The molecule has 0 aliphatic heterocycles. The van der Waals surface area contributed by atoms with E-state index in [0.717, 1.165) is 4.57 Å². The van der Waals surface area contributed by atoms with E-state index in [-0.39, 0.29) is 18.1 Å². The summed E-state index contributed by atoms with van der Waals surface area (Å²) in [6.45, 7) is 1.30. The molecule has 130 valence electrons. The molecule has 0 unspecified atom stereocenters. The van der Waals surface area contributed by atoms with Crippen molar-refractivity contribution in [3.8, 4) is 0 Å². The van der Waals surface area contributed by atoms with Gasteiger partial charge in [-0.1, -0.05) is 36.2 Å². The molecule has 1 aromatic carbocycles. The van der Waals surface area contributed by atoms with Crippen molar-refractivity contribution in [3.63, 3.8) is 0 Å². The lowest BCUT2D eigenvalue weighted by Gasteiger charge is -2.16. The second-order valence-electron chi connectivity index (χ2n) is 5.13. The number of halogens is 5. The van der Waals surface area contributed by atoms with Crippen molar-refractivity contribution >= 4 is 23.2 Å². The molecule has 1 aromatic heterocycles. The Morgan fingerprint density at radius 3 is 2.25 bits per heavy atom. The minimum atomic E-state index is -4.78. The van der Waals surface area contributed by atoms with Gasteiger partial charge >= 0.3 is 11.9 Å². The van der Waals surface area contributed by atoms with Crippen LogP contribution in [-0.2, 0) is 19.3 Å². The van der Waals surface area contributed by atoms with Gasteiger partial charge in [-0.2, -0.15) is 13.2 Å². The lowest BCUT2D eigenvalue weighted by Crippen LogP contribution is -2.43. The van der Waals surface area contributed by atoms with Crippen molar-refractivity contribution in [1.82, 2.24) is 9.13 Å². The van der Waals surface area contributed by atoms with E-state index in [1.54, 1.807) is 13.0 Å². The van der Waals surface area contributed by atoms with E-state index in [4.69, 9.17) is 23.2 Å². The number of alkyl halides is 3. The molecule has 0 saturated heterocycles. The zero-order valence-corrected chi connectivity index (χ0v) is 14.0. The fraction of sp³-hybridized carbons (Fsp3) is 0.333. The van der Waals surface area contributed by atoms with Crippen LogP contribution in [-0.4, -0.2) is 9.13 Å². The van der Waals surface area contributed by atoms with Crippen molar-refractivity contribution in [3.05, 3.63) is 66.4 Å². The normalized spacial score (nSPS) is 11.8. The van der Waals surface area contributed by atoms with Crippen molar-refractivity contribution in [2.75, 3.05) is 0 Å². The number of aromatic nitrogens is 2. The highest BCUT2D eigenvalue weighted by atomic mass is 35.5. The van der Waals surface area contributed by atoms with Gasteiger partial charge in [-0.25, -0.2) is 4.79 Å². The smallest absolute Gasteiger partial charge is 0.289 e. The van der Waals surface area contributed by atoms with Gasteiger partial charge in [0.25, 0.3) is 5.56 Å². The molecule has 0 amide bonds. The van der Waals surface area contributed by atoms with Crippen LogP contribution in [0.2, 0.25) is 10.0 Å². The predicted octanol–water partition coefficient (Wildman–Crippen LogP) is 3.79. The van der Waals surface area contributed by atoms with Crippen LogP contribution in [0, 0.1) is 0 Å². The maximum absolute atomic E-state index is 13.0. The average Bonchev–Trinajstić information content (AvgIpc) is 2.48. The fourth-order valence-electron chi connectivity index (χ4n) is 2.26. The maximum atomic E-state index is 13.0. The van der Waals surface area contributed by atoms with E-state index >= 15 is 0 Å². The van der Waals surface area contributed by atoms with Gasteiger partial charge < -0.3 is 0 Å². The van der Waals surface area contributed by atoms with Crippen LogP contribution in [0.5, 0.6) is 0 Å². The maximum Gasteiger partial charge on any atom is 0.431 e.